The molecule has 2 aromatic rings. The van der Waals surface area contributed by atoms with Gasteiger partial charge < -0.3 is 4.90 Å². The van der Waals surface area contributed by atoms with Gasteiger partial charge >= 0.3 is 0 Å². The van der Waals surface area contributed by atoms with E-state index in [-0.39, 0.29) is 6.67 Å². The molecule has 2 heterocycles. The molecule has 0 radical (unpaired) electrons. The van der Waals surface area contributed by atoms with Gasteiger partial charge in [-0.3, -0.25) is 9.29 Å². The number of halogens is 1. The molecular formula is C16H23FN6. The highest BCUT2D eigenvalue weighted by molar-refractivity contribution is 5.40. The van der Waals surface area contributed by atoms with E-state index in [4.69, 9.17) is 0 Å². The van der Waals surface area contributed by atoms with Crippen LogP contribution in [0.25, 0.3) is 5.69 Å². The second-order valence-corrected chi connectivity index (χ2v) is 5.80. The zero-order chi connectivity index (χ0) is 15.9. The number of tetrazole rings is 1. The summed E-state index contributed by atoms with van der Waals surface area (Å²) < 4.78 is 13.9. The number of aromatic nitrogens is 4. The first-order valence-corrected chi connectivity index (χ1v) is 8.25. The topological polar surface area (TPSA) is 50.1 Å². The van der Waals surface area contributed by atoms with Crippen LogP contribution in [0.15, 0.2) is 30.3 Å². The number of unbranched alkanes of at least 4 members (excludes halogenated alkanes) is 2. The third-order valence-electron chi connectivity index (χ3n) is 4.22. The second kappa shape index (κ2) is 8.01. The Hall–Kier alpha value is -2.02. The lowest BCUT2D eigenvalue weighted by molar-refractivity contribution is 0.249. The first kappa shape index (κ1) is 15.9. The molecule has 0 unspecified atom stereocenters. The van der Waals surface area contributed by atoms with Crippen molar-refractivity contribution in [1.82, 2.24) is 25.1 Å². The zero-order valence-corrected chi connectivity index (χ0v) is 13.3. The number of nitrogens with zero attached hydrogens (tertiary/aromatic N) is 6. The minimum Gasteiger partial charge on any atom is -0.337 e. The third kappa shape index (κ3) is 4.04. The van der Waals surface area contributed by atoms with Crippen molar-refractivity contribution in [3.63, 3.8) is 0 Å². The second-order valence-electron chi connectivity index (χ2n) is 5.80. The molecule has 7 heteroatoms. The third-order valence-corrected chi connectivity index (χ3v) is 4.22. The van der Waals surface area contributed by atoms with Crippen molar-refractivity contribution in [2.24, 2.45) is 0 Å². The Bertz CT molecular complexity index is 579. The molecule has 1 aliphatic heterocycles. The van der Waals surface area contributed by atoms with Crippen molar-refractivity contribution in [3.05, 3.63) is 30.3 Å². The van der Waals surface area contributed by atoms with Crippen molar-refractivity contribution < 1.29 is 4.39 Å². The molecule has 0 spiro atoms. The Morgan fingerprint density at radius 3 is 2.48 bits per heavy atom. The molecule has 1 saturated heterocycles. The van der Waals surface area contributed by atoms with Crippen LogP contribution in [0.3, 0.4) is 0 Å². The highest BCUT2D eigenvalue weighted by Crippen LogP contribution is 2.17. The molecule has 1 fully saturated rings. The van der Waals surface area contributed by atoms with Gasteiger partial charge in [0.05, 0.1) is 12.4 Å². The van der Waals surface area contributed by atoms with Crippen LogP contribution < -0.4 is 4.90 Å². The number of benzene rings is 1. The summed E-state index contributed by atoms with van der Waals surface area (Å²) in [7, 11) is 0. The van der Waals surface area contributed by atoms with Gasteiger partial charge in [0.15, 0.2) is 0 Å². The average molecular weight is 318 g/mol. The van der Waals surface area contributed by atoms with Gasteiger partial charge in [-0.1, -0.05) is 23.3 Å². The quantitative estimate of drug-likeness (QED) is 0.730. The lowest BCUT2D eigenvalue weighted by Crippen LogP contribution is -2.47. The molecule has 0 bridgehead atoms. The van der Waals surface area contributed by atoms with Gasteiger partial charge in [0.2, 0.25) is 5.95 Å². The van der Waals surface area contributed by atoms with Crippen LogP contribution in [0.2, 0.25) is 0 Å². The summed E-state index contributed by atoms with van der Waals surface area (Å²) >= 11 is 0. The molecule has 1 aliphatic rings. The number of hydrogen-bond donors (Lipinski definition) is 0. The number of piperazine rings is 1. The number of rotatable bonds is 7. The number of anilines is 1. The van der Waals surface area contributed by atoms with E-state index in [1.165, 1.54) is 0 Å². The first-order chi connectivity index (χ1) is 11.4. The van der Waals surface area contributed by atoms with Crippen LogP contribution in [0.4, 0.5) is 10.3 Å². The van der Waals surface area contributed by atoms with E-state index in [9.17, 15) is 4.39 Å². The van der Waals surface area contributed by atoms with Gasteiger partial charge in [0.1, 0.15) is 0 Å². The predicted octanol–water partition coefficient (Wildman–Crippen LogP) is 1.92. The van der Waals surface area contributed by atoms with Crippen LogP contribution in [-0.4, -0.2) is 64.5 Å². The number of hydrogen-bond acceptors (Lipinski definition) is 5. The van der Waals surface area contributed by atoms with Gasteiger partial charge in [0, 0.05) is 26.2 Å². The predicted molar refractivity (Wildman–Crippen MR) is 87.6 cm³/mol. The van der Waals surface area contributed by atoms with Gasteiger partial charge in [0.25, 0.3) is 0 Å². The van der Waals surface area contributed by atoms with E-state index in [1.807, 2.05) is 30.3 Å². The molecule has 0 saturated carbocycles. The van der Waals surface area contributed by atoms with E-state index in [2.05, 4.69) is 25.3 Å². The fraction of sp³-hybridized carbons (Fsp3) is 0.562. The molecule has 23 heavy (non-hydrogen) atoms. The van der Waals surface area contributed by atoms with Crippen LogP contribution in [0, 0.1) is 0 Å². The molecule has 3 rings (SSSR count). The summed E-state index contributed by atoms with van der Waals surface area (Å²) in [6, 6.07) is 9.95. The standard InChI is InChI=1S/C16H23FN6/c17-9-5-2-6-10-21-11-13-22(14-12-21)16-18-19-20-23(16)15-7-3-1-4-8-15/h1,3-4,7-8H,2,5-6,9-14H2. The summed E-state index contributed by atoms with van der Waals surface area (Å²) in [6.07, 6.45) is 2.74. The van der Waals surface area contributed by atoms with E-state index in [0.29, 0.717) is 6.42 Å². The molecule has 0 N–H and O–H groups in total. The molecule has 6 nitrogen and oxygen atoms in total. The fourth-order valence-corrected chi connectivity index (χ4v) is 2.89. The summed E-state index contributed by atoms with van der Waals surface area (Å²) in [5.41, 5.74) is 0.973. The lowest BCUT2D eigenvalue weighted by atomic mass is 10.2. The van der Waals surface area contributed by atoms with E-state index >= 15 is 0 Å². The molecule has 1 aromatic heterocycles. The smallest absolute Gasteiger partial charge is 0.250 e. The maximum Gasteiger partial charge on any atom is 0.250 e. The zero-order valence-electron chi connectivity index (χ0n) is 13.3. The van der Waals surface area contributed by atoms with Crippen molar-refractivity contribution in [2.45, 2.75) is 19.3 Å². The van der Waals surface area contributed by atoms with Crippen molar-refractivity contribution in [1.29, 1.82) is 0 Å². The van der Waals surface area contributed by atoms with E-state index in [0.717, 1.165) is 57.2 Å². The molecule has 1 aromatic carbocycles. The normalized spacial score (nSPS) is 16.0. The summed E-state index contributed by atoms with van der Waals surface area (Å²) in [6.45, 7) is 4.68. The lowest BCUT2D eigenvalue weighted by Gasteiger charge is -2.34. The number of alkyl halides is 1. The monoisotopic (exact) mass is 318 g/mol. The van der Waals surface area contributed by atoms with Crippen LogP contribution >= 0.6 is 0 Å². The van der Waals surface area contributed by atoms with E-state index < -0.39 is 0 Å². The minimum absolute atomic E-state index is 0.198. The molecule has 124 valence electrons. The molecule has 0 atom stereocenters. The SMILES string of the molecule is FCCCCCN1CCN(c2nnnn2-c2ccccc2)CC1. The minimum atomic E-state index is -0.198. The summed E-state index contributed by atoms with van der Waals surface area (Å²) in [5.74, 6) is 0.799. The van der Waals surface area contributed by atoms with Gasteiger partial charge in [-0.15, -0.1) is 0 Å². The van der Waals surface area contributed by atoms with E-state index in [1.54, 1.807) is 4.68 Å². The maximum atomic E-state index is 12.1. The molecular weight excluding hydrogens is 295 g/mol. The Balaban J connectivity index is 1.56. The van der Waals surface area contributed by atoms with Crippen LogP contribution in [0.5, 0.6) is 0 Å². The average Bonchev–Trinajstić information content (AvgIpc) is 3.10. The highest BCUT2D eigenvalue weighted by Gasteiger charge is 2.21. The van der Waals surface area contributed by atoms with Crippen LogP contribution in [0.1, 0.15) is 19.3 Å². The highest BCUT2D eigenvalue weighted by atomic mass is 19.1. The van der Waals surface area contributed by atoms with Gasteiger partial charge in [-0.2, -0.15) is 4.68 Å². The van der Waals surface area contributed by atoms with Crippen molar-refractivity contribution in [2.75, 3.05) is 44.3 Å². The summed E-state index contributed by atoms with van der Waals surface area (Å²) in [5, 5.41) is 12.1. The van der Waals surface area contributed by atoms with Gasteiger partial charge in [-0.05, 0) is 48.4 Å². The van der Waals surface area contributed by atoms with Crippen LogP contribution in [-0.2, 0) is 0 Å². The Morgan fingerprint density at radius 2 is 1.74 bits per heavy atom. The number of para-hydroxylation sites is 1. The maximum absolute atomic E-state index is 12.1. The van der Waals surface area contributed by atoms with Gasteiger partial charge in [-0.25, -0.2) is 0 Å². The fourth-order valence-electron chi connectivity index (χ4n) is 2.89. The first-order valence-electron chi connectivity index (χ1n) is 8.25. The summed E-state index contributed by atoms with van der Waals surface area (Å²) in [4.78, 5) is 4.66. The Morgan fingerprint density at radius 1 is 0.957 bits per heavy atom. The van der Waals surface area contributed by atoms with Crippen molar-refractivity contribution in [3.8, 4) is 5.69 Å². The molecule has 0 amide bonds. The Labute approximate surface area is 135 Å². The molecule has 0 aliphatic carbocycles. The Kier molecular flexibility index (Phi) is 5.52. The van der Waals surface area contributed by atoms with Crippen molar-refractivity contribution >= 4 is 5.95 Å². The largest absolute Gasteiger partial charge is 0.337 e.